The van der Waals surface area contributed by atoms with E-state index in [1.54, 1.807) is 18.2 Å². The third-order valence-corrected chi connectivity index (χ3v) is 4.85. The van der Waals surface area contributed by atoms with E-state index in [1.807, 2.05) is 19.9 Å². The molecule has 1 aromatic rings. The van der Waals surface area contributed by atoms with Gasteiger partial charge in [-0.1, -0.05) is 11.6 Å². The van der Waals surface area contributed by atoms with Gasteiger partial charge in [0.15, 0.2) is 0 Å². The highest BCUT2D eigenvalue weighted by atomic mass is 35.5. The number of halogens is 1. The van der Waals surface area contributed by atoms with Crippen molar-refractivity contribution >= 4 is 23.2 Å². The van der Waals surface area contributed by atoms with Crippen LogP contribution in [-0.4, -0.2) is 41.1 Å². The Balaban J connectivity index is 1.93. The van der Waals surface area contributed by atoms with E-state index in [-0.39, 0.29) is 18.1 Å². The third kappa shape index (κ3) is 4.44. The molecule has 0 saturated carbocycles. The topological polar surface area (TPSA) is 76.4 Å². The van der Waals surface area contributed by atoms with E-state index in [4.69, 9.17) is 16.9 Å². The van der Waals surface area contributed by atoms with Gasteiger partial charge in [-0.3, -0.25) is 9.69 Å². The molecule has 124 valence electrons. The average molecular weight is 336 g/mol. The predicted octanol–water partition coefficient (Wildman–Crippen LogP) is 2.63. The molecule has 2 unspecified atom stereocenters. The molecule has 0 bridgehead atoms. The number of amides is 1. The summed E-state index contributed by atoms with van der Waals surface area (Å²) in [7, 11) is 0. The van der Waals surface area contributed by atoms with Crippen molar-refractivity contribution in [1.29, 1.82) is 5.26 Å². The SMILES string of the molecule is CC(O)C1CCN(C(C)C(=O)Nc2ccc(C#N)c(Cl)c2)CC1. The number of piperidine rings is 1. The largest absolute Gasteiger partial charge is 0.393 e. The summed E-state index contributed by atoms with van der Waals surface area (Å²) in [5.41, 5.74) is 0.975. The minimum Gasteiger partial charge on any atom is -0.393 e. The number of aliphatic hydroxyl groups excluding tert-OH is 1. The number of carbonyl (C=O) groups is 1. The molecule has 23 heavy (non-hydrogen) atoms. The summed E-state index contributed by atoms with van der Waals surface area (Å²) in [5.74, 6) is 0.222. The number of nitrogens with zero attached hydrogens (tertiary/aromatic N) is 2. The van der Waals surface area contributed by atoms with Crippen molar-refractivity contribution in [3.05, 3.63) is 28.8 Å². The summed E-state index contributed by atoms with van der Waals surface area (Å²) in [5, 5.41) is 21.7. The first kappa shape index (κ1) is 17.7. The molecule has 1 saturated heterocycles. The van der Waals surface area contributed by atoms with Crippen molar-refractivity contribution in [3.8, 4) is 6.07 Å². The average Bonchev–Trinajstić information content (AvgIpc) is 2.54. The standard InChI is InChI=1S/C17H22ClN3O2/c1-11(21-7-5-13(6-8-21)12(2)22)17(23)20-15-4-3-14(10-19)16(18)9-15/h3-4,9,11-13,22H,5-8H2,1-2H3,(H,20,23). The molecule has 0 spiro atoms. The Kier molecular flexibility index (Phi) is 6.00. The first-order chi connectivity index (χ1) is 10.9. The number of hydrogen-bond acceptors (Lipinski definition) is 4. The number of benzene rings is 1. The van der Waals surface area contributed by atoms with E-state index >= 15 is 0 Å². The predicted molar refractivity (Wildman–Crippen MR) is 90.2 cm³/mol. The summed E-state index contributed by atoms with van der Waals surface area (Å²) >= 11 is 5.98. The van der Waals surface area contributed by atoms with Gasteiger partial charge in [-0.25, -0.2) is 0 Å². The van der Waals surface area contributed by atoms with Crippen LogP contribution in [0, 0.1) is 17.2 Å². The number of anilines is 1. The number of rotatable bonds is 4. The van der Waals surface area contributed by atoms with Gasteiger partial charge in [-0.2, -0.15) is 5.26 Å². The monoisotopic (exact) mass is 335 g/mol. The Labute approximate surface area is 141 Å². The molecule has 5 nitrogen and oxygen atoms in total. The van der Waals surface area contributed by atoms with E-state index in [2.05, 4.69) is 10.2 Å². The van der Waals surface area contributed by atoms with Gasteiger partial charge in [-0.15, -0.1) is 0 Å². The highest BCUT2D eigenvalue weighted by molar-refractivity contribution is 6.32. The van der Waals surface area contributed by atoms with Crippen LogP contribution in [0.4, 0.5) is 5.69 Å². The zero-order chi connectivity index (χ0) is 17.0. The minimum atomic E-state index is -0.290. The Bertz CT molecular complexity index is 604. The van der Waals surface area contributed by atoms with E-state index in [0.29, 0.717) is 22.2 Å². The maximum absolute atomic E-state index is 12.4. The number of aliphatic hydroxyl groups is 1. The van der Waals surface area contributed by atoms with Crippen LogP contribution in [0.3, 0.4) is 0 Å². The van der Waals surface area contributed by atoms with Crippen LogP contribution in [0.15, 0.2) is 18.2 Å². The van der Waals surface area contributed by atoms with E-state index in [1.165, 1.54) is 0 Å². The fourth-order valence-corrected chi connectivity index (χ4v) is 3.11. The van der Waals surface area contributed by atoms with Crippen molar-refractivity contribution in [2.45, 2.75) is 38.8 Å². The summed E-state index contributed by atoms with van der Waals surface area (Å²) in [6.07, 6.45) is 1.51. The van der Waals surface area contributed by atoms with Crippen LogP contribution in [0.5, 0.6) is 0 Å². The summed E-state index contributed by atoms with van der Waals surface area (Å²) < 4.78 is 0. The smallest absolute Gasteiger partial charge is 0.241 e. The second-order valence-electron chi connectivity index (χ2n) is 6.09. The molecule has 2 rings (SSSR count). The lowest BCUT2D eigenvalue weighted by Crippen LogP contribution is -2.47. The highest BCUT2D eigenvalue weighted by Crippen LogP contribution is 2.23. The molecule has 1 heterocycles. The maximum atomic E-state index is 12.4. The van der Waals surface area contributed by atoms with Gasteiger partial charge in [0.2, 0.25) is 5.91 Å². The number of hydrogen-bond donors (Lipinski definition) is 2. The van der Waals surface area contributed by atoms with Crippen molar-refractivity contribution in [3.63, 3.8) is 0 Å². The molecule has 1 aromatic carbocycles. The fourth-order valence-electron chi connectivity index (χ4n) is 2.89. The Morgan fingerprint density at radius 1 is 1.43 bits per heavy atom. The second kappa shape index (κ2) is 7.78. The lowest BCUT2D eigenvalue weighted by atomic mass is 9.91. The second-order valence-corrected chi connectivity index (χ2v) is 6.49. The summed E-state index contributed by atoms with van der Waals surface area (Å²) in [4.78, 5) is 14.5. The molecule has 1 fully saturated rings. The van der Waals surface area contributed by atoms with Crippen LogP contribution in [-0.2, 0) is 4.79 Å². The molecule has 0 aliphatic carbocycles. The fraction of sp³-hybridized carbons (Fsp3) is 0.529. The molecule has 0 aromatic heterocycles. The first-order valence-corrected chi connectivity index (χ1v) is 8.22. The van der Waals surface area contributed by atoms with Gasteiger partial charge in [0.05, 0.1) is 22.7 Å². The van der Waals surface area contributed by atoms with E-state index < -0.39 is 0 Å². The number of carbonyl (C=O) groups excluding carboxylic acids is 1. The van der Waals surface area contributed by atoms with Gasteiger partial charge in [0.25, 0.3) is 0 Å². The Hall–Kier alpha value is -1.61. The quantitative estimate of drug-likeness (QED) is 0.886. The van der Waals surface area contributed by atoms with E-state index in [9.17, 15) is 9.90 Å². The maximum Gasteiger partial charge on any atom is 0.241 e. The molecule has 0 radical (unpaired) electrons. The minimum absolute atomic E-state index is 0.0960. The van der Waals surface area contributed by atoms with Gasteiger partial charge in [0, 0.05) is 5.69 Å². The van der Waals surface area contributed by atoms with Crippen LogP contribution in [0.2, 0.25) is 5.02 Å². The molecule has 6 heteroatoms. The Morgan fingerprint density at radius 3 is 2.61 bits per heavy atom. The molecule has 1 aliphatic heterocycles. The number of likely N-dealkylation sites (tertiary alicyclic amines) is 1. The zero-order valence-corrected chi connectivity index (χ0v) is 14.2. The van der Waals surface area contributed by atoms with Crippen LogP contribution in [0.25, 0.3) is 0 Å². The molecule has 1 aliphatic rings. The van der Waals surface area contributed by atoms with Crippen LogP contribution >= 0.6 is 11.6 Å². The normalized spacial score (nSPS) is 18.9. The molecule has 2 atom stereocenters. The molecular weight excluding hydrogens is 314 g/mol. The van der Waals surface area contributed by atoms with Crippen molar-refractivity contribution < 1.29 is 9.90 Å². The third-order valence-electron chi connectivity index (χ3n) is 4.54. The number of nitriles is 1. The van der Waals surface area contributed by atoms with E-state index in [0.717, 1.165) is 25.9 Å². The zero-order valence-electron chi connectivity index (χ0n) is 13.4. The summed E-state index contributed by atoms with van der Waals surface area (Å²) in [6.45, 7) is 5.31. The first-order valence-electron chi connectivity index (χ1n) is 7.85. The highest BCUT2D eigenvalue weighted by Gasteiger charge is 2.28. The van der Waals surface area contributed by atoms with Crippen molar-refractivity contribution in [1.82, 2.24) is 4.90 Å². The Morgan fingerprint density at radius 2 is 2.09 bits per heavy atom. The van der Waals surface area contributed by atoms with Crippen LogP contribution in [0.1, 0.15) is 32.3 Å². The summed E-state index contributed by atoms with van der Waals surface area (Å²) in [6, 6.07) is 6.60. The van der Waals surface area contributed by atoms with Crippen molar-refractivity contribution in [2.24, 2.45) is 5.92 Å². The van der Waals surface area contributed by atoms with Crippen LogP contribution < -0.4 is 5.32 Å². The lowest BCUT2D eigenvalue weighted by Gasteiger charge is -2.36. The molecule has 2 N–H and O–H groups in total. The van der Waals surface area contributed by atoms with Gasteiger partial charge in [0.1, 0.15) is 6.07 Å². The molecular formula is C17H22ClN3O2. The van der Waals surface area contributed by atoms with Gasteiger partial charge >= 0.3 is 0 Å². The van der Waals surface area contributed by atoms with Gasteiger partial charge in [-0.05, 0) is 63.9 Å². The van der Waals surface area contributed by atoms with Crippen molar-refractivity contribution in [2.75, 3.05) is 18.4 Å². The lowest BCUT2D eigenvalue weighted by molar-refractivity contribution is -0.121. The molecule has 1 amide bonds. The van der Waals surface area contributed by atoms with Gasteiger partial charge < -0.3 is 10.4 Å². The number of nitrogens with one attached hydrogen (secondary N) is 1.